The fourth-order valence-corrected chi connectivity index (χ4v) is 5.98. The van der Waals surface area contributed by atoms with E-state index >= 15 is 0 Å². The zero-order valence-electron chi connectivity index (χ0n) is 25.6. The molecule has 0 aliphatic carbocycles. The molecule has 0 atom stereocenters. The number of aromatic hydroxyl groups is 3. The van der Waals surface area contributed by atoms with E-state index in [1.807, 2.05) is 50.2 Å². The van der Waals surface area contributed by atoms with Crippen LogP contribution in [0, 0.1) is 0 Å². The predicted octanol–water partition coefficient (Wildman–Crippen LogP) is 4.51. The molecule has 0 aliphatic heterocycles. The van der Waals surface area contributed by atoms with Gasteiger partial charge in [0.15, 0.2) is 0 Å². The smallest absolute Gasteiger partial charge is 0.126 e. The number of aliphatic hydroxyl groups excluding tert-OH is 5. The van der Waals surface area contributed by atoms with Crippen molar-refractivity contribution in [3.05, 3.63) is 122 Å². The number of rotatable bonds is 11. The van der Waals surface area contributed by atoms with Gasteiger partial charge in [-0.2, -0.15) is 0 Å². The number of benzene rings is 4. The van der Waals surface area contributed by atoms with E-state index in [9.17, 15) is 40.9 Å². The van der Waals surface area contributed by atoms with Crippen LogP contribution in [-0.4, -0.2) is 40.9 Å². The monoisotopic (exact) mass is 602 g/mol. The predicted molar refractivity (Wildman–Crippen MR) is 167 cm³/mol. The van der Waals surface area contributed by atoms with Gasteiger partial charge in [0.05, 0.1) is 33.0 Å². The van der Waals surface area contributed by atoms with E-state index in [4.69, 9.17) is 0 Å². The molecule has 0 aromatic heterocycles. The molecular weight excluding hydrogens is 560 g/mol. The van der Waals surface area contributed by atoms with Crippen molar-refractivity contribution < 1.29 is 40.9 Å². The van der Waals surface area contributed by atoms with E-state index in [1.165, 1.54) is 0 Å². The Morgan fingerprint density at radius 2 is 0.727 bits per heavy atom. The molecule has 8 heteroatoms. The molecule has 0 bridgehead atoms. The van der Waals surface area contributed by atoms with Crippen LogP contribution in [0.4, 0.5) is 0 Å². The molecule has 4 rings (SSSR count). The molecule has 0 unspecified atom stereocenters. The van der Waals surface area contributed by atoms with Crippen molar-refractivity contribution in [2.45, 2.75) is 78.0 Å². The molecule has 0 saturated heterocycles. The van der Waals surface area contributed by atoms with E-state index < -0.39 is 37.3 Å². The van der Waals surface area contributed by atoms with Crippen molar-refractivity contribution in [2.24, 2.45) is 0 Å². The highest BCUT2D eigenvalue weighted by Gasteiger charge is 2.35. The second-order valence-corrected chi connectivity index (χ2v) is 11.9. The van der Waals surface area contributed by atoms with Gasteiger partial charge in [-0.1, -0.05) is 51.1 Å². The molecule has 0 heterocycles. The molecule has 4 aromatic rings. The normalized spacial score (nSPS) is 12.1. The van der Waals surface area contributed by atoms with Crippen LogP contribution in [0.1, 0.15) is 88.9 Å². The van der Waals surface area contributed by atoms with Gasteiger partial charge in [-0.05, 0) is 77.1 Å². The van der Waals surface area contributed by atoms with Crippen LogP contribution in [0.15, 0.2) is 60.7 Å². The van der Waals surface area contributed by atoms with Gasteiger partial charge in [0.2, 0.25) is 0 Å². The van der Waals surface area contributed by atoms with Crippen molar-refractivity contribution in [1.29, 1.82) is 0 Å². The third-order valence-corrected chi connectivity index (χ3v) is 9.10. The first-order chi connectivity index (χ1) is 20.9. The van der Waals surface area contributed by atoms with Crippen molar-refractivity contribution >= 4 is 0 Å². The average Bonchev–Trinajstić information content (AvgIpc) is 3.04. The maximum Gasteiger partial charge on any atom is 0.126 e. The lowest BCUT2D eigenvalue weighted by Crippen LogP contribution is -2.27. The topological polar surface area (TPSA) is 162 Å². The largest absolute Gasteiger partial charge is 0.507 e. The number of hydrogen-bond donors (Lipinski definition) is 8. The summed E-state index contributed by atoms with van der Waals surface area (Å²) in [6.45, 7) is 5.88. The third-order valence-electron chi connectivity index (χ3n) is 9.10. The van der Waals surface area contributed by atoms with E-state index in [2.05, 4.69) is 13.8 Å². The minimum absolute atomic E-state index is 0.109. The zero-order valence-corrected chi connectivity index (χ0v) is 25.6. The summed E-state index contributed by atoms with van der Waals surface area (Å²) in [6, 6.07) is 18.3. The number of hydrogen-bond acceptors (Lipinski definition) is 8. The second-order valence-electron chi connectivity index (χ2n) is 11.9. The lowest BCUT2D eigenvalue weighted by atomic mass is 9.68. The van der Waals surface area contributed by atoms with Gasteiger partial charge < -0.3 is 40.9 Å². The summed E-state index contributed by atoms with van der Waals surface area (Å²) in [6.07, 6.45) is 0.608. The lowest BCUT2D eigenvalue weighted by Gasteiger charge is -2.35. The summed E-state index contributed by atoms with van der Waals surface area (Å²) in [5.74, 6) is -0.283. The third kappa shape index (κ3) is 5.67. The Hall–Kier alpha value is -3.92. The summed E-state index contributed by atoms with van der Waals surface area (Å²) < 4.78 is 0. The zero-order chi connectivity index (χ0) is 32.4. The molecule has 8 N–H and O–H groups in total. The molecule has 0 amide bonds. The van der Waals surface area contributed by atoms with Gasteiger partial charge in [0, 0.05) is 38.6 Å². The van der Waals surface area contributed by atoms with Crippen molar-refractivity contribution in [3.8, 4) is 17.2 Å². The highest BCUT2D eigenvalue weighted by molar-refractivity contribution is 5.58. The summed E-state index contributed by atoms with van der Waals surface area (Å²) in [4.78, 5) is 0. The van der Waals surface area contributed by atoms with Crippen LogP contribution in [0.25, 0.3) is 0 Å². The maximum atomic E-state index is 10.6. The van der Waals surface area contributed by atoms with Gasteiger partial charge in [0.1, 0.15) is 17.2 Å². The van der Waals surface area contributed by atoms with Crippen molar-refractivity contribution in [1.82, 2.24) is 0 Å². The van der Waals surface area contributed by atoms with E-state index in [-0.39, 0.29) is 46.1 Å². The highest BCUT2D eigenvalue weighted by Crippen LogP contribution is 2.45. The fraction of sp³-hybridized carbons (Fsp3) is 0.333. The Bertz CT molecular complexity index is 1500. The van der Waals surface area contributed by atoms with E-state index in [0.717, 1.165) is 22.3 Å². The van der Waals surface area contributed by atoms with Gasteiger partial charge >= 0.3 is 0 Å². The minimum atomic E-state index is -0.996. The fourth-order valence-electron chi connectivity index (χ4n) is 5.98. The number of phenols is 3. The molecular formula is C36H42O8. The first-order valence-electron chi connectivity index (χ1n) is 14.6. The number of aryl methyl sites for hydroxylation is 1. The summed E-state index contributed by atoms with van der Waals surface area (Å²) in [7, 11) is 0. The van der Waals surface area contributed by atoms with Gasteiger partial charge in [-0.25, -0.2) is 0 Å². The molecule has 4 aromatic carbocycles. The lowest BCUT2D eigenvalue weighted by molar-refractivity contribution is 0.263. The van der Waals surface area contributed by atoms with E-state index in [0.29, 0.717) is 23.1 Å². The van der Waals surface area contributed by atoms with Crippen molar-refractivity contribution in [3.63, 3.8) is 0 Å². The summed E-state index contributed by atoms with van der Waals surface area (Å²) >= 11 is 0. The Morgan fingerprint density at radius 3 is 1.07 bits per heavy atom. The standard InChI is InChI=1S/C36H42O8/c1-5-21-10-29(11-22(16-37)32(21)42)35(2,3)27-6-8-28(9-7-27)36(4,30-12-23(17-38)33(43)24(13-30)18-39)31-14-25(19-40)34(44)26(15-31)20-41/h6-15,37-44H,5,16-20H2,1-4H3. The van der Waals surface area contributed by atoms with Crippen LogP contribution < -0.4 is 0 Å². The second kappa shape index (κ2) is 13.0. The number of aliphatic hydroxyl groups is 5. The molecule has 0 radical (unpaired) electrons. The minimum Gasteiger partial charge on any atom is -0.507 e. The van der Waals surface area contributed by atoms with E-state index in [1.54, 1.807) is 24.3 Å². The van der Waals surface area contributed by atoms with Crippen LogP contribution in [-0.2, 0) is 50.3 Å². The van der Waals surface area contributed by atoms with Crippen LogP contribution in [0.3, 0.4) is 0 Å². The Morgan fingerprint density at radius 1 is 0.432 bits per heavy atom. The first kappa shape index (κ1) is 33.0. The molecule has 44 heavy (non-hydrogen) atoms. The van der Waals surface area contributed by atoms with Gasteiger partial charge in [-0.3, -0.25) is 0 Å². The molecule has 0 fully saturated rings. The quantitative estimate of drug-likeness (QED) is 0.116. The van der Waals surface area contributed by atoms with Crippen LogP contribution >= 0.6 is 0 Å². The molecule has 234 valence electrons. The van der Waals surface area contributed by atoms with Gasteiger partial charge in [-0.15, -0.1) is 0 Å². The Labute approximate surface area is 257 Å². The Kier molecular flexibility index (Phi) is 9.73. The van der Waals surface area contributed by atoms with Crippen LogP contribution in [0.5, 0.6) is 17.2 Å². The summed E-state index contributed by atoms with van der Waals surface area (Å²) in [5.41, 5.74) is 4.62. The molecule has 0 spiro atoms. The average molecular weight is 603 g/mol. The molecule has 0 saturated carbocycles. The maximum absolute atomic E-state index is 10.6. The first-order valence-corrected chi connectivity index (χ1v) is 14.6. The van der Waals surface area contributed by atoms with Crippen LogP contribution in [0.2, 0.25) is 0 Å². The van der Waals surface area contributed by atoms with Gasteiger partial charge in [0.25, 0.3) is 0 Å². The Balaban J connectivity index is 1.95. The highest BCUT2D eigenvalue weighted by atomic mass is 16.3. The van der Waals surface area contributed by atoms with Crippen molar-refractivity contribution in [2.75, 3.05) is 0 Å². The molecule has 0 aliphatic rings. The molecule has 8 nitrogen and oxygen atoms in total. The SMILES string of the molecule is CCc1cc(C(C)(C)c2ccc(C(C)(c3cc(CO)c(O)c(CO)c3)c3cc(CO)c(O)c(CO)c3)cc2)cc(CO)c1O. The summed E-state index contributed by atoms with van der Waals surface area (Å²) in [5, 5.41) is 81.7.